The molecule has 1 N–H and O–H groups in total. The van der Waals surface area contributed by atoms with E-state index in [0.717, 1.165) is 6.07 Å². The summed E-state index contributed by atoms with van der Waals surface area (Å²) < 4.78 is 26.3. The van der Waals surface area contributed by atoms with Crippen molar-refractivity contribution in [2.75, 3.05) is 0 Å². The molecule has 2 aromatic rings. The number of carbonyl (C=O) groups is 1. The Kier molecular flexibility index (Phi) is 4.26. The summed E-state index contributed by atoms with van der Waals surface area (Å²) in [4.78, 5) is 19.3. The first-order chi connectivity index (χ1) is 9.86. The van der Waals surface area contributed by atoms with Crippen LogP contribution in [0, 0.1) is 11.6 Å². The van der Waals surface area contributed by atoms with Crippen LogP contribution >= 0.6 is 0 Å². The van der Waals surface area contributed by atoms with Crippen molar-refractivity contribution in [3.05, 3.63) is 58.7 Å². The van der Waals surface area contributed by atoms with E-state index in [1.807, 2.05) is 13.8 Å². The van der Waals surface area contributed by atoms with Gasteiger partial charge in [-0.2, -0.15) is 0 Å². The number of carboxylic acids is 1. The van der Waals surface area contributed by atoms with Crippen LogP contribution in [0.2, 0.25) is 0 Å². The van der Waals surface area contributed by atoms with E-state index in [1.165, 1.54) is 18.3 Å². The van der Waals surface area contributed by atoms with E-state index in [9.17, 15) is 13.6 Å². The second-order valence-electron chi connectivity index (χ2n) is 5.00. The Labute approximate surface area is 120 Å². The average Bonchev–Trinajstić information content (AvgIpc) is 2.36. The van der Waals surface area contributed by atoms with Gasteiger partial charge in [0.1, 0.15) is 17.5 Å². The molecule has 1 aromatic carbocycles. The van der Waals surface area contributed by atoms with Crippen molar-refractivity contribution < 1.29 is 18.7 Å². The smallest absolute Gasteiger partial charge is 0.339 e. The van der Waals surface area contributed by atoms with Gasteiger partial charge < -0.3 is 5.11 Å². The van der Waals surface area contributed by atoms with Gasteiger partial charge in [0.05, 0.1) is 11.3 Å². The van der Waals surface area contributed by atoms with Gasteiger partial charge >= 0.3 is 5.97 Å². The molecule has 0 spiro atoms. The molecule has 0 aliphatic carbocycles. The van der Waals surface area contributed by atoms with E-state index in [0.29, 0.717) is 17.1 Å². The first-order valence-corrected chi connectivity index (χ1v) is 6.41. The Bertz CT molecular complexity index is 667. The summed E-state index contributed by atoms with van der Waals surface area (Å²) >= 11 is 0. The number of rotatable bonds is 4. The van der Waals surface area contributed by atoms with E-state index in [-0.39, 0.29) is 17.9 Å². The summed E-state index contributed by atoms with van der Waals surface area (Å²) in [5.41, 5.74) is 0.842. The number of carboxylic acid groups (broad SMARTS) is 1. The largest absolute Gasteiger partial charge is 0.478 e. The number of aromatic carboxylic acids is 1. The predicted octanol–water partition coefficient (Wildman–Crippen LogP) is 3.17. The minimum absolute atomic E-state index is 0.0409. The van der Waals surface area contributed by atoms with Crippen LogP contribution in [0.3, 0.4) is 0 Å². The van der Waals surface area contributed by atoms with Crippen LogP contribution in [0.1, 0.15) is 47.2 Å². The van der Waals surface area contributed by atoms with E-state index < -0.39 is 17.6 Å². The molecule has 0 atom stereocenters. The van der Waals surface area contributed by atoms with E-state index in [1.54, 1.807) is 0 Å². The Morgan fingerprint density at radius 1 is 1.24 bits per heavy atom. The summed E-state index contributed by atoms with van der Waals surface area (Å²) in [6.45, 7) is 3.64. The molecule has 0 saturated carbocycles. The molecule has 0 aliphatic heterocycles. The maximum Gasteiger partial charge on any atom is 0.339 e. The molecule has 2 rings (SSSR count). The highest BCUT2D eigenvalue weighted by atomic mass is 19.1. The monoisotopic (exact) mass is 292 g/mol. The van der Waals surface area contributed by atoms with Crippen molar-refractivity contribution in [3.8, 4) is 0 Å². The van der Waals surface area contributed by atoms with Gasteiger partial charge in [0, 0.05) is 18.7 Å². The number of nitrogens with zero attached hydrogens (tertiary/aromatic N) is 2. The molecule has 0 aliphatic rings. The SMILES string of the molecule is CC(C)c1nc(Cc2cc(F)cc(F)c2)ncc1C(=O)O. The lowest BCUT2D eigenvalue weighted by molar-refractivity contribution is 0.0694. The van der Waals surface area contributed by atoms with Gasteiger partial charge in [-0.05, 0) is 23.6 Å². The molecular weight excluding hydrogens is 278 g/mol. The van der Waals surface area contributed by atoms with Crippen LogP contribution in [0.5, 0.6) is 0 Å². The molecule has 0 bridgehead atoms. The molecule has 0 saturated heterocycles. The normalized spacial score (nSPS) is 10.9. The number of hydrogen-bond donors (Lipinski definition) is 1. The van der Waals surface area contributed by atoms with Crippen LogP contribution < -0.4 is 0 Å². The molecule has 1 heterocycles. The van der Waals surface area contributed by atoms with Crippen molar-refractivity contribution in [3.63, 3.8) is 0 Å². The lowest BCUT2D eigenvalue weighted by atomic mass is 10.0. The number of benzene rings is 1. The minimum atomic E-state index is -1.10. The standard InChI is InChI=1S/C15H14F2N2O2/c1-8(2)14-12(15(20)21)7-18-13(19-14)5-9-3-10(16)6-11(17)4-9/h3-4,6-8H,5H2,1-2H3,(H,20,21). The average molecular weight is 292 g/mol. The molecule has 1 aromatic heterocycles. The first-order valence-electron chi connectivity index (χ1n) is 6.41. The quantitative estimate of drug-likeness (QED) is 0.940. The summed E-state index contributed by atoms with van der Waals surface area (Å²) in [6.07, 6.45) is 1.37. The van der Waals surface area contributed by atoms with Crippen LogP contribution in [0.25, 0.3) is 0 Å². The third kappa shape index (κ3) is 3.59. The fourth-order valence-corrected chi connectivity index (χ4v) is 2.02. The predicted molar refractivity (Wildman–Crippen MR) is 72.2 cm³/mol. The molecule has 110 valence electrons. The zero-order valence-corrected chi connectivity index (χ0v) is 11.6. The number of halogens is 2. The molecule has 4 nitrogen and oxygen atoms in total. The second-order valence-corrected chi connectivity index (χ2v) is 5.00. The van der Waals surface area contributed by atoms with Crippen molar-refractivity contribution in [2.45, 2.75) is 26.2 Å². The van der Waals surface area contributed by atoms with Gasteiger partial charge in [0.25, 0.3) is 0 Å². The zero-order valence-electron chi connectivity index (χ0n) is 11.6. The third-order valence-electron chi connectivity index (χ3n) is 2.93. The molecule has 21 heavy (non-hydrogen) atoms. The first kappa shape index (κ1) is 15.0. The summed E-state index contributed by atoms with van der Waals surface area (Å²) in [5.74, 6) is -2.20. The zero-order chi connectivity index (χ0) is 15.6. The van der Waals surface area contributed by atoms with E-state index in [2.05, 4.69) is 9.97 Å². The topological polar surface area (TPSA) is 63.1 Å². The van der Waals surface area contributed by atoms with E-state index in [4.69, 9.17) is 5.11 Å². The second kappa shape index (κ2) is 5.95. The van der Waals surface area contributed by atoms with Crippen molar-refractivity contribution in [2.24, 2.45) is 0 Å². The van der Waals surface area contributed by atoms with Crippen molar-refractivity contribution in [1.29, 1.82) is 0 Å². The van der Waals surface area contributed by atoms with Crippen LogP contribution in [0.4, 0.5) is 8.78 Å². The highest BCUT2D eigenvalue weighted by molar-refractivity contribution is 5.88. The van der Waals surface area contributed by atoms with Crippen molar-refractivity contribution >= 4 is 5.97 Å². The highest BCUT2D eigenvalue weighted by Gasteiger charge is 2.16. The Morgan fingerprint density at radius 3 is 2.38 bits per heavy atom. The highest BCUT2D eigenvalue weighted by Crippen LogP contribution is 2.18. The van der Waals surface area contributed by atoms with Gasteiger partial charge in [-0.25, -0.2) is 23.5 Å². The lowest BCUT2D eigenvalue weighted by Crippen LogP contribution is -2.10. The molecule has 0 fully saturated rings. The van der Waals surface area contributed by atoms with Gasteiger partial charge in [0.15, 0.2) is 0 Å². The fraction of sp³-hybridized carbons (Fsp3) is 0.267. The van der Waals surface area contributed by atoms with E-state index >= 15 is 0 Å². The Hall–Kier alpha value is -2.37. The Balaban J connectivity index is 2.36. The summed E-state index contributed by atoms with van der Waals surface area (Å²) in [6, 6.07) is 3.19. The van der Waals surface area contributed by atoms with Gasteiger partial charge in [-0.1, -0.05) is 13.8 Å². The Morgan fingerprint density at radius 2 is 1.86 bits per heavy atom. The molecule has 6 heteroatoms. The van der Waals surface area contributed by atoms with Gasteiger partial charge in [-0.3, -0.25) is 0 Å². The molecule has 0 amide bonds. The minimum Gasteiger partial charge on any atom is -0.478 e. The fourth-order valence-electron chi connectivity index (χ4n) is 2.02. The molecule has 0 radical (unpaired) electrons. The van der Waals surface area contributed by atoms with Crippen LogP contribution in [-0.2, 0) is 6.42 Å². The summed E-state index contributed by atoms with van der Waals surface area (Å²) in [7, 11) is 0. The van der Waals surface area contributed by atoms with Crippen molar-refractivity contribution in [1.82, 2.24) is 9.97 Å². The number of aromatic nitrogens is 2. The molecular formula is C15H14F2N2O2. The van der Waals surface area contributed by atoms with Crippen LogP contribution in [0.15, 0.2) is 24.4 Å². The maximum atomic E-state index is 13.1. The lowest BCUT2D eigenvalue weighted by Gasteiger charge is -2.10. The van der Waals surface area contributed by atoms with Gasteiger partial charge in [-0.15, -0.1) is 0 Å². The molecule has 0 unspecified atom stereocenters. The maximum absolute atomic E-state index is 13.1. The number of hydrogen-bond acceptors (Lipinski definition) is 3. The third-order valence-corrected chi connectivity index (χ3v) is 2.93. The van der Waals surface area contributed by atoms with Crippen LogP contribution in [-0.4, -0.2) is 21.0 Å². The summed E-state index contributed by atoms with van der Waals surface area (Å²) in [5, 5.41) is 9.09. The van der Waals surface area contributed by atoms with Gasteiger partial charge in [0.2, 0.25) is 0 Å².